The average Bonchev–Trinajstić information content (AvgIpc) is 3.04. The summed E-state index contributed by atoms with van der Waals surface area (Å²) in [6.07, 6.45) is 4.35. The molecule has 3 aromatic carbocycles. The van der Waals surface area contributed by atoms with E-state index in [1.165, 1.54) is 0 Å². The Balaban J connectivity index is 1.33. The van der Waals surface area contributed by atoms with Crippen LogP contribution in [0.5, 0.6) is 11.5 Å². The van der Waals surface area contributed by atoms with E-state index in [4.69, 9.17) is 28.4 Å². The lowest BCUT2D eigenvalue weighted by Gasteiger charge is -2.34. The highest BCUT2D eigenvalue weighted by Crippen LogP contribution is 2.29. The Bertz CT molecular complexity index is 1480. The number of rotatable bonds is 15. The fourth-order valence-electron chi connectivity index (χ4n) is 5.25. The predicted molar refractivity (Wildman–Crippen MR) is 170 cm³/mol. The largest absolute Gasteiger partial charge is 0.493 e. The third kappa shape index (κ3) is 9.89. The van der Waals surface area contributed by atoms with Crippen molar-refractivity contribution < 1.29 is 42.8 Å². The quantitative estimate of drug-likeness (QED) is 0.0789. The zero-order valence-corrected chi connectivity index (χ0v) is 26.3. The molecule has 3 aromatic rings. The molecule has 1 saturated carbocycles. The molecular weight excluding hydrogens is 576 g/mol. The molecule has 4 rings (SSSR count). The molecule has 3 atom stereocenters. The second-order valence-electron chi connectivity index (χ2n) is 11.0. The van der Waals surface area contributed by atoms with Gasteiger partial charge in [0.2, 0.25) is 0 Å². The van der Waals surface area contributed by atoms with E-state index in [1.807, 2.05) is 31.2 Å². The molecule has 0 aliphatic heterocycles. The second-order valence-corrected chi connectivity index (χ2v) is 11.0. The van der Waals surface area contributed by atoms with Crippen LogP contribution in [-0.4, -0.2) is 62.6 Å². The molecule has 3 unspecified atom stereocenters. The van der Waals surface area contributed by atoms with E-state index < -0.39 is 17.9 Å². The molecule has 0 amide bonds. The Kier molecular flexibility index (Phi) is 12.5. The van der Waals surface area contributed by atoms with Crippen molar-refractivity contribution in [2.24, 2.45) is 0 Å². The number of benzene rings is 3. The van der Waals surface area contributed by atoms with Gasteiger partial charge < -0.3 is 28.4 Å². The van der Waals surface area contributed by atoms with Gasteiger partial charge in [-0.1, -0.05) is 25.6 Å². The van der Waals surface area contributed by atoms with Crippen LogP contribution in [0.15, 0.2) is 67.3 Å². The molecule has 0 N–H and O–H groups in total. The van der Waals surface area contributed by atoms with Gasteiger partial charge in [0, 0.05) is 45.0 Å². The first-order valence-corrected chi connectivity index (χ1v) is 15.5. The van der Waals surface area contributed by atoms with E-state index in [1.54, 1.807) is 37.3 Å². The number of hydrogen-bond donors (Lipinski definition) is 0. The van der Waals surface area contributed by atoms with Gasteiger partial charge in [-0.2, -0.15) is 0 Å². The first-order valence-electron chi connectivity index (χ1n) is 15.5. The van der Waals surface area contributed by atoms with Gasteiger partial charge in [-0.15, -0.1) is 0 Å². The van der Waals surface area contributed by atoms with Gasteiger partial charge in [-0.05, 0) is 79.1 Å². The van der Waals surface area contributed by atoms with Crippen LogP contribution in [0.25, 0.3) is 10.8 Å². The Morgan fingerprint density at radius 2 is 1.49 bits per heavy atom. The van der Waals surface area contributed by atoms with Crippen LogP contribution in [0.1, 0.15) is 72.2 Å². The van der Waals surface area contributed by atoms with Crippen molar-refractivity contribution in [3.8, 4) is 11.5 Å². The van der Waals surface area contributed by atoms with Crippen molar-refractivity contribution in [2.45, 2.75) is 71.2 Å². The molecule has 0 aromatic heterocycles. The van der Waals surface area contributed by atoms with Gasteiger partial charge in [0.25, 0.3) is 0 Å². The minimum Gasteiger partial charge on any atom is -0.493 e. The van der Waals surface area contributed by atoms with Crippen LogP contribution in [-0.2, 0) is 23.7 Å². The number of carbonyl (C=O) groups is 3. The summed E-state index contributed by atoms with van der Waals surface area (Å²) in [5.74, 6) is -0.362. The minimum absolute atomic E-state index is 0.00548. The fourth-order valence-corrected chi connectivity index (χ4v) is 5.25. The van der Waals surface area contributed by atoms with Gasteiger partial charge >= 0.3 is 17.9 Å². The summed E-state index contributed by atoms with van der Waals surface area (Å²) in [4.78, 5) is 37.2. The van der Waals surface area contributed by atoms with Gasteiger partial charge in [0.05, 0.1) is 36.5 Å². The SMILES string of the molecule is C=CC(=O)OCCCOc1ccc2cc(C(=O)Oc3ccc(C(=O)OC4CC(OCC)CC(OCCC)C4)cc3C)ccc2c1. The lowest BCUT2D eigenvalue weighted by Crippen LogP contribution is -2.38. The van der Waals surface area contributed by atoms with E-state index in [0.717, 1.165) is 29.7 Å². The average molecular weight is 619 g/mol. The molecule has 45 heavy (non-hydrogen) atoms. The third-order valence-corrected chi connectivity index (χ3v) is 7.44. The Labute approximate surface area is 264 Å². The lowest BCUT2D eigenvalue weighted by molar-refractivity contribution is -0.137. The van der Waals surface area contributed by atoms with Gasteiger partial charge in [-0.25, -0.2) is 14.4 Å². The number of ether oxygens (including phenoxy) is 6. The van der Waals surface area contributed by atoms with Crippen LogP contribution in [0, 0.1) is 6.92 Å². The molecule has 0 heterocycles. The number of carbonyl (C=O) groups excluding carboxylic acids is 3. The number of aryl methyl sites for hydroxylation is 1. The highest BCUT2D eigenvalue weighted by atomic mass is 16.6. The monoisotopic (exact) mass is 618 g/mol. The van der Waals surface area contributed by atoms with Crippen LogP contribution in [0.2, 0.25) is 0 Å². The maximum absolute atomic E-state index is 13.0. The molecule has 1 fully saturated rings. The van der Waals surface area contributed by atoms with E-state index in [0.29, 0.717) is 67.3 Å². The third-order valence-electron chi connectivity index (χ3n) is 7.44. The first-order chi connectivity index (χ1) is 21.8. The lowest BCUT2D eigenvalue weighted by atomic mass is 9.92. The van der Waals surface area contributed by atoms with E-state index in [2.05, 4.69) is 13.5 Å². The highest BCUT2D eigenvalue weighted by Gasteiger charge is 2.32. The van der Waals surface area contributed by atoms with E-state index in [9.17, 15) is 14.4 Å². The summed E-state index contributed by atoms with van der Waals surface area (Å²) < 4.78 is 34.0. The molecule has 9 heteroatoms. The molecule has 240 valence electrons. The minimum atomic E-state index is -0.507. The van der Waals surface area contributed by atoms with Crippen LogP contribution in [0.3, 0.4) is 0 Å². The summed E-state index contributed by atoms with van der Waals surface area (Å²) in [5, 5.41) is 1.75. The summed E-state index contributed by atoms with van der Waals surface area (Å²) in [5.41, 5.74) is 1.42. The second kappa shape index (κ2) is 16.7. The van der Waals surface area contributed by atoms with Gasteiger partial charge in [0.15, 0.2) is 0 Å². The van der Waals surface area contributed by atoms with Crippen LogP contribution in [0.4, 0.5) is 0 Å². The van der Waals surface area contributed by atoms with Crippen molar-refractivity contribution in [1.82, 2.24) is 0 Å². The van der Waals surface area contributed by atoms with Crippen LogP contribution >= 0.6 is 0 Å². The smallest absolute Gasteiger partial charge is 0.343 e. The van der Waals surface area contributed by atoms with Gasteiger partial charge in [0.1, 0.15) is 17.6 Å². The van der Waals surface area contributed by atoms with Crippen molar-refractivity contribution >= 4 is 28.7 Å². The van der Waals surface area contributed by atoms with E-state index >= 15 is 0 Å². The van der Waals surface area contributed by atoms with Gasteiger partial charge in [-0.3, -0.25) is 0 Å². The van der Waals surface area contributed by atoms with Crippen molar-refractivity contribution in [2.75, 3.05) is 26.4 Å². The summed E-state index contributed by atoms with van der Waals surface area (Å²) in [6, 6.07) is 15.7. The van der Waals surface area contributed by atoms with Crippen LogP contribution < -0.4 is 9.47 Å². The number of esters is 3. The Morgan fingerprint density at radius 1 is 0.800 bits per heavy atom. The normalized spacial score (nSPS) is 17.8. The molecule has 1 aliphatic rings. The summed E-state index contributed by atoms with van der Waals surface area (Å²) >= 11 is 0. The summed E-state index contributed by atoms with van der Waals surface area (Å²) in [6.45, 7) is 11.1. The number of hydrogen-bond acceptors (Lipinski definition) is 9. The van der Waals surface area contributed by atoms with E-state index in [-0.39, 0.29) is 24.9 Å². The number of fused-ring (bicyclic) bond motifs is 1. The van der Waals surface area contributed by atoms with Crippen molar-refractivity contribution in [3.63, 3.8) is 0 Å². The zero-order valence-electron chi connectivity index (χ0n) is 26.3. The highest BCUT2D eigenvalue weighted by molar-refractivity contribution is 5.97. The molecule has 0 saturated heterocycles. The molecular formula is C36H42O9. The molecule has 1 aliphatic carbocycles. The topological polar surface area (TPSA) is 107 Å². The predicted octanol–water partition coefficient (Wildman–Crippen LogP) is 6.78. The fraction of sp³-hybridized carbons (Fsp3) is 0.417. The molecule has 0 radical (unpaired) electrons. The summed E-state index contributed by atoms with van der Waals surface area (Å²) in [7, 11) is 0. The maximum atomic E-state index is 13.0. The first kappa shape index (κ1) is 33.7. The Morgan fingerprint density at radius 3 is 2.22 bits per heavy atom. The Hall–Kier alpha value is -4.21. The molecule has 0 spiro atoms. The zero-order chi connectivity index (χ0) is 32.2. The maximum Gasteiger partial charge on any atom is 0.343 e. The molecule has 0 bridgehead atoms. The molecule has 9 nitrogen and oxygen atoms in total. The van der Waals surface area contributed by atoms with Crippen molar-refractivity contribution in [1.29, 1.82) is 0 Å². The standard InChI is InChI=1S/C36H42O9/c1-5-15-41-31-21-30(40-7-3)22-32(23-31)44-35(38)27-12-14-33(24(4)18-27)45-36(39)28-10-9-26-20-29(13-11-25(26)19-28)42-16-8-17-43-34(37)6-2/h6,9-14,18-20,30-32H,2,5,7-8,15-17,21-23H2,1,3-4H3. The van der Waals surface area contributed by atoms with Crippen molar-refractivity contribution in [3.05, 3.63) is 83.9 Å².